The fraction of sp³-hybridized carbons (Fsp3) is 0.375. The molecule has 19 heavy (non-hydrogen) atoms. The molecule has 0 bridgehead atoms. The van der Waals surface area contributed by atoms with Gasteiger partial charge in [0, 0.05) is 12.1 Å². The van der Waals surface area contributed by atoms with Crippen LogP contribution in [-0.4, -0.2) is 5.11 Å². The van der Waals surface area contributed by atoms with Crippen molar-refractivity contribution in [2.24, 2.45) is 0 Å². The lowest BCUT2D eigenvalue weighted by Gasteiger charge is -2.29. The van der Waals surface area contributed by atoms with Crippen LogP contribution < -0.4 is 5.32 Å². The molecule has 2 nitrogen and oxygen atoms in total. The molecule has 0 fully saturated rings. The molecule has 1 aromatic heterocycles. The lowest BCUT2D eigenvalue weighted by Crippen LogP contribution is -2.27. The third kappa shape index (κ3) is 2.67. The van der Waals surface area contributed by atoms with Gasteiger partial charge in [0.15, 0.2) is 0 Å². The third-order valence-corrected chi connectivity index (χ3v) is 4.64. The van der Waals surface area contributed by atoms with Crippen LogP contribution in [0.5, 0.6) is 5.75 Å². The molecule has 1 aliphatic carbocycles. The van der Waals surface area contributed by atoms with Gasteiger partial charge in [-0.1, -0.05) is 6.07 Å². The predicted molar refractivity (Wildman–Crippen MR) is 79.7 cm³/mol. The Balaban J connectivity index is 1.80. The fourth-order valence-electron chi connectivity index (χ4n) is 2.89. The van der Waals surface area contributed by atoms with Gasteiger partial charge in [-0.25, -0.2) is 0 Å². The number of hydrogen-bond donors (Lipinski definition) is 2. The second kappa shape index (κ2) is 5.35. The summed E-state index contributed by atoms with van der Waals surface area (Å²) in [5.41, 5.74) is 4.00. The van der Waals surface area contributed by atoms with Gasteiger partial charge in [-0.15, -0.1) is 0 Å². The van der Waals surface area contributed by atoms with E-state index in [4.69, 9.17) is 0 Å². The normalized spacial score (nSPS) is 19.9. The van der Waals surface area contributed by atoms with Gasteiger partial charge < -0.3 is 10.4 Å². The van der Waals surface area contributed by atoms with Crippen molar-refractivity contribution in [3.63, 3.8) is 0 Å². The monoisotopic (exact) mass is 273 g/mol. The number of hydrogen-bond acceptors (Lipinski definition) is 3. The molecule has 2 unspecified atom stereocenters. The number of phenols is 1. The Morgan fingerprint density at radius 1 is 1.37 bits per heavy atom. The number of aromatic hydroxyl groups is 1. The summed E-state index contributed by atoms with van der Waals surface area (Å²) in [5.74, 6) is 0.380. The van der Waals surface area contributed by atoms with E-state index in [1.807, 2.05) is 6.07 Å². The summed E-state index contributed by atoms with van der Waals surface area (Å²) in [6.07, 6.45) is 3.44. The maximum absolute atomic E-state index is 9.59. The first-order chi connectivity index (χ1) is 9.24. The molecule has 0 saturated heterocycles. The van der Waals surface area contributed by atoms with E-state index in [-0.39, 0.29) is 0 Å². The van der Waals surface area contributed by atoms with Crippen LogP contribution in [0.1, 0.15) is 48.5 Å². The average molecular weight is 273 g/mol. The molecular weight excluding hydrogens is 254 g/mol. The number of fused-ring (bicyclic) bond motifs is 1. The molecule has 100 valence electrons. The van der Waals surface area contributed by atoms with Crippen LogP contribution in [0.3, 0.4) is 0 Å². The highest BCUT2D eigenvalue weighted by Crippen LogP contribution is 2.33. The first-order valence-electron chi connectivity index (χ1n) is 6.84. The van der Waals surface area contributed by atoms with Crippen molar-refractivity contribution < 1.29 is 5.11 Å². The predicted octanol–water partition coefficient (Wildman–Crippen LogP) is 4.18. The highest BCUT2D eigenvalue weighted by Gasteiger charge is 2.22. The average Bonchev–Trinajstić information content (AvgIpc) is 2.92. The summed E-state index contributed by atoms with van der Waals surface area (Å²) in [5, 5.41) is 17.6. The molecule has 0 amide bonds. The molecular formula is C16H19NOS. The van der Waals surface area contributed by atoms with Gasteiger partial charge in [0.1, 0.15) is 5.75 Å². The molecule has 2 atom stereocenters. The number of phenolic OH excluding ortho intramolecular Hbond substituents is 1. The molecule has 2 aromatic rings. The molecule has 3 heteroatoms. The summed E-state index contributed by atoms with van der Waals surface area (Å²) >= 11 is 1.74. The zero-order valence-corrected chi connectivity index (χ0v) is 11.9. The van der Waals surface area contributed by atoms with Crippen LogP contribution in [-0.2, 0) is 6.42 Å². The zero-order valence-electron chi connectivity index (χ0n) is 11.1. The Morgan fingerprint density at radius 2 is 2.26 bits per heavy atom. The Labute approximate surface area is 118 Å². The van der Waals surface area contributed by atoms with Crippen LogP contribution in [0.25, 0.3) is 0 Å². The number of nitrogens with one attached hydrogen (secondary N) is 1. The van der Waals surface area contributed by atoms with E-state index < -0.39 is 0 Å². The summed E-state index contributed by atoms with van der Waals surface area (Å²) in [6, 6.07) is 8.74. The lowest BCUT2D eigenvalue weighted by molar-refractivity contribution is 0.413. The maximum Gasteiger partial charge on any atom is 0.115 e. The maximum atomic E-state index is 9.59. The van der Waals surface area contributed by atoms with Crippen LogP contribution in [0.4, 0.5) is 0 Å². The molecule has 0 radical (unpaired) electrons. The highest BCUT2D eigenvalue weighted by molar-refractivity contribution is 7.07. The van der Waals surface area contributed by atoms with Gasteiger partial charge in [-0.2, -0.15) is 11.3 Å². The number of benzene rings is 1. The van der Waals surface area contributed by atoms with E-state index in [1.165, 1.54) is 29.5 Å². The van der Waals surface area contributed by atoms with Gasteiger partial charge in [0.25, 0.3) is 0 Å². The number of thiophene rings is 1. The standard InChI is InChI=1S/C16H19NOS/c1-11(13-7-8-19-10-13)17-16-4-2-3-12-9-14(18)5-6-15(12)16/h5-11,16-18H,2-4H2,1H3. The van der Waals surface area contributed by atoms with Crippen molar-refractivity contribution in [3.8, 4) is 5.75 Å². The van der Waals surface area contributed by atoms with Gasteiger partial charge in [0.05, 0.1) is 0 Å². The van der Waals surface area contributed by atoms with Crippen molar-refractivity contribution in [1.82, 2.24) is 5.32 Å². The van der Waals surface area contributed by atoms with Crippen molar-refractivity contribution in [2.75, 3.05) is 0 Å². The zero-order chi connectivity index (χ0) is 13.2. The summed E-state index contributed by atoms with van der Waals surface area (Å²) < 4.78 is 0. The lowest BCUT2D eigenvalue weighted by atomic mass is 9.87. The van der Waals surface area contributed by atoms with Gasteiger partial charge in [-0.3, -0.25) is 0 Å². The largest absolute Gasteiger partial charge is 0.508 e. The van der Waals surface area contributed by atoms with Gasteiger partial charge in [0.2, 0.25) is 0 Å². The molecule has 2 N–H and O–H groups in total. The van der Waals surface area contributed by atoms with Crippen LogP contribution in [0.2, 0.25) is 0 Å². The quantitative estimate of drug-likeness (QED) is 0.879. The topological polar surface area (TPSA) is 32.3 Å². The summed E-state index contributed by atoms with van der Waals surface area (Å²) in [6.45, 7) is 2.22. The Morgan fingerprint density at radius 3 is 3.05 bits per heavy atom. The highest BCUT2D eigenvalue weighted by atomic mass is 32.1. The van der Waals surface area contributed by atoms with E-state index in [9.17, 15) is 5.11 Å². The molecule has 0 saturated carbocycles. The van der Waals surface area contributed by atoms with E-state index in [2.05, 4.69) is 35.1 Å². The van der Waals surface area contributed by atoms with Gasteiger partial charge in [-0.05, 0) is 71.8 Å². The van der Waals surface area contributed by atoms with Crippen molar-refractivity contribution >= 4 is 11.3 Å². The van der Waals surface area contributed by atoms with Gasteiger partial charge >= 0.3 is 0 Å². The van der Waals surface area contributed by atoms with E-state index in [0.717, 1.165) is 6.42 Å². The fourth-order valence-corrected chi connectivity index (χ4v) is 3.65. The van der Waals surface area contributed by atoms with Crippen molar-refractivity contribution in [1.29, 1.82) is 0 Å². The molecule has 0 aliphatic heterocycles. The number of rotatable bonds is 3. The first-order valence-corrected chi connectivity index (χ1v) is 7.78. The molecule has 1 aliphatic rings. The summed E-state index contributed by atoms with van der Waals surface area (Å²) in [7, 11) is 0. The minimum absolute atomic E-state index is 0.371. The second-order valence-electron chi connectivity index (χ2n) is 5.27. The molecule has 0 spiro atoms. The molecule has 3 rings (SSSR count). The summed E-state index contributed by atoms with van der Waals surface area (Å²) in [4.78, 5) is 0. The van der Waals surface area contributed by atoms with Crippen LogP contribution >= 0.6 is 11.3 Å². The van der Waals surface area contributed by atoms with Crippen LogP contribution in [0.15, 0.2) is 35.0 Å². The smallest absolute Gasteiger partial charge is 0.115 e. The minimum atomic E-state index is 0.371. The Hall–Kier alpha value is -1.32. The van der Waals surface area contributed by atoms with Crippen LogP contribution in [0, 0.1) is 0 Å². The number of aryl methyl sites for hydroxylation is 1. The molecule has 1 aromatic carbocycles. The van der Waals surface area contributed by atoms with Crippen molar-refractivity contribution in [3.05, 3.63) is 51.7 Å². The second-order valence-corrected chi connectivity index (χ2v) is 6.05. The Kier molecular flexibility index (Phi) is 3.58. The first kappa shape index (κ1) is 12.7. The molecule has 1 heterocycles. The minimum Gasteiger partial charge on any atom is -0.508 e. The van der Waals surface area contributed by atoms with E-state index >= 15 is 0 Å². The van der Waals surface area contributed by atoms with Crippen molar-refractivity contribution in [2.45, 2.75) is 38.3 Å². The Bertz CT molecular complexity index is 550. The third-order valence-electron chi connectivity index (χ3n) is 3.94. The SMILES string of the molecule is CC(NC1CCCc2cc(O)ccc21)c1ccsc1. The van der Waals surface area contributed by atoms with E-state index in [1.54, 1.807) is 17.4 Å². The van der Waals surface area contributed by atoms with E-state index in [0.29, 0.717) is 17.8 Å².